The zero-order chi connectivity index (χ0) is 18.4. The van der Waals surface area contributed by atoms with Crippen LogP contribution in [0, 0.1) is 5.41 Å². The first-order valence-corrected chi connectivity index (χ1v) is 9.97. The minimum Gasteiger partial charge on any atom is -0.355 e. The second-order valence-corrected chi connectivity index (χ2v) is 8.57. The van der Waals surface area contributed by atoms with Crippen LogP contribution >= 0.6 is 0 Å². The first-order valence-electron chi connectivity index (χ1n) is 9.97. The van der Waals surface area contributed by atoms with Crippen LogP contribution in [0.4, 0.5) is 11.5 Å². The molecule has 5 heterocycles. The van der Waals surface area contributed by atoms with Crippen molar-refractivity contribution < 1.29 is 0 Å². The van der Waals surface area contributed by atoms with Crippen LogP contribution in [0.3, 0.4) is 0 Å². The van der Waals surface area contributed by atoms with Gasteiger partial charge < -0.3 is 9.80 Å². The lowest BCUT2D eigenvalue weighted by atomic mass is 9.83. The lowest BCUT2D eigenvalue weighted by Gasteiger charge is -2.37. The fourth-order valence-electron chi connectivity index (χ4n) is 4.28. The van der Waals surface area contributed by atoms with Gasteiger partial charge in [0.2, 0.25) is 0 Å². The third-order valence-corrected chi connectivity index (χ3v) is 6.13. The summed E-state index contributed by atoms with van der Waals surface area (Å²) in [4.78, 5) is 23.5. The minimum atomic E-state index is 0.437. The molecule has 1 fully saturated rings. The van der Waals surface area contributed by atoms with Crippen molar-refractivity contribution in [2.24, 2.45) is 10.4 Å². The van der Waals surface area contributed by atoms with Gasteiger partial charge in [0, 0.05) is 25.8 Å². The molecule has 6 nitrogen and oxygen atoms in total. The van der Waals surface area contributed by atoms with Gasteiger partial charge in [-0.15, -0.1) is 0 Å². The van der Waals surface area contributed by atoms with Crippen molar-refractivity contribution in [2.75, 3.05) is 29.4 Å². The average molecular weight is 362 g/mol. The largest absolute Gasteiger partial charge is 0.355 e. The Morgan fingerprint density at radius 2 is 1.93 bits per heavy atom. The Morgan fingerprint density at radius 3 is 2.78 bits per heavy atom. The van der Waals surface area contributed by atoms with Gasteiger partial charge in [-0.05, 0) is 42.7 Å². The molecule has 3 aliphatic heterocycles. The van der Waals surface area contributed by atoms with Gasteiger partial charge in [0.1, 0.15) is 11.5 Å². The summed E-state index contributed by atoms with van der Waals surface area (Å²) >= 11 is 0. The molecule has 0 bridgehead atoms. The molecule has 0 atom stereocenters. The Hall–Kier alpha value is -2.50. The van der Waals surface area contributed by atoms with Gasteiger partial charge in [-0.25, -0.2) is 9.97 Å². The number of pyridine rings is 1. The van der Waals surface area contributed by atoms with Crippen molar-refractivity contribution in [1.82, 2.24) is 15.0 Å². The standard InChI is InChI=1S/C21H26N6/c1-21(2)6-10-26(11-7-21)18-14-23-19-16(25-18)12-24-20(19)27-9-3-4-15-5-8-22-13-17(15)27/h5,8,13-14H,3-4,6-7,9-12H2,1-2H3. The molecule has 140 valence electrons. The zero-order valence-corrected chi connectivity index (χ0v) is 16.1. The number of anilines is 2. The number of nitrogens with zero attached hydrogens (tertiary/aromatic N) is 6. The zero-order valence-electron chi connectivity index (χ0n) is 16.1. The minimum absolute atomic E-state index is 0.437. The summed E-state index contributed by atoms with van der Waals surface area (Å²) in [5.74, 6) is 1.96. The third-order valence-electron chi connectivity index (χ3n) is 6.13. The summed E-state index contributed by atoms with van der Waals surface area (Å²) in [6, 6.07) is 2.12. The van der Waals surface area contributed by atoms with Gasteiger partial charge in [0.15, 0.2) is 5.84 Å². The Morgan fingerprint density at radius 1 is 1.07 bits per heavy atom. The monoisotopic (exact) mass is 362 g/mol. The summed E-state index contributed by atoms with van der Waals surface area (Å²) < 4.78 is 0. The topological polar surface area (TPSA) is 57.5 Å². The number of rotatable bonds is 1. The van der Waals surface area contributed by atoms with Gasteiger partial charge in [-0.2, -0.15) is 0 Å². The van der Waals surface area contributed by atoms with Gasteiger partial charge in [0.05, 0.1) is 30.3 Å². The molecule has 2 aromatic heterocycles. The van der Waals surface area contributed by atoms with Crippen LogP contribution in [0.5, 0.6) is 0 Å². The molecule has 0 aromatic carbocycles. The van der Waals surface area contributed by atoms with Crippen molar-refractivity contribution in [2.45, 2.75) is 46.1 Å². The molecule has 27 heavy (non-hydrogen) atoms. The molecule has 0 spiro atoms. The van der Waals surface area contributed by atoms with Gasteiger partial charge in [-0.1, -0.05) is 13.8 Å². The average Bonchev–Trinajstić information content (AvgIpc) is 3.10. The summed E-state index contributed by atoms with van der Waals surface area (Å²) in [7, 11) is 0. The third kappa shape index (κ3) is 2.97. The van der Waals surface area contributed by atoms with Crippen molar-refractivity contribution in [3.05, 3.63) is 41.6 Å². The highest BCUT2D eigenvalue weighted by atomic mass is 15.2. The van der Waals surface area contributed by atoms with Crippen LogP contribution in [-0.4, -0.2) is 40.4 Å². The van der Waals surface area contributed by atoms with E-state index >= 15 is 0 Å². The number of aromatic nitrogens is 3. The van der Waals surface area contributed by atoms with Crippen LogP contribution < -0.4 is 9.80 Å². The SMILES string of the molecule is CC1(C)CCN(c2cnc3c(n2)CN=C3N2CCCc3ccncc32)CC1. The molecule has 0 N–H and O–H groups in total. The highest BCUT2D eigenvalue weighted by molar-refractivity contribution is 6.11. The van der Waals surface area contributed by atoms with Crippen molar-refractivity contribution in [3.8, 4) is 0 Å². The van der Waals surface area contributed by atoms with Crippen LogP contribution in [0.25, 0.3) is 0 Å². The first-order chi connectivity index (χ1) is 13.1. The molecule has 0 aliphatic carbocycles. The van der Waals surface area contributed by atoms with Crippen molar-refractivity contribution in [3.63, 3.8) is 0 Å². The lowest BCUT2D eigenvalue weighted by molar-refractivity contribution is 0.279. The predicted molar refractivity (Wildman–Crippen MR) is 107 cm³/mol. The Balaban J connectivity index is 1.41. The number of aliphatic imine (C=N–C) groups is 1. The normalized spacial score (nSPS) is 20.9. The molecule has 6 heteroatoms. The van der Waals surface area contributed by atoms with Crippen LogP contribution in [0.2, 0.25) is 0 Å². The molecule has 5 rings (SSSR count). The van der Waals surface area contributed by atoms with E-state index in [0.717, 1.165) is 55.5 Å². The second-order valence-electron chi connectivity index (χ2n) is 8.57. The van der Waals surface area contributed by atoms with E-state index in [1.807, 2.05) is 18.6 Å². The fraction of sp³-hybridized carbons (Fsp3) is 0.524. The Bertz CT molecular complexity index is 893. The van der Waals surface area contributed by atoms with E-state index in [4.69, 9.17) is 15.0 Å². The quantitative estimate of drug-likeness (QED) is 0.780. The van der Waals surface area contributed by atoms with E-state index in [9.17, 15) is 0 Å². The van der Waals surface area contributed by atoms with Crippen LogP contribution in [0.15, 0.2) is 29.6 Å². The second kappa shape index (κ2) is 6.29. The first kappa shape index (κ1) is 16.7. The van der Waals surface area contributed by atoms with Crippen LogP contribution in [-0.2, 0) is 13.0 Å². The van der Waals surface area contributed by atoms with E-state index in [-0.39, 0.29) is 0 Å². The summed E-state index contributed by atoms with van der Waals surface area (Å²) in [6.45, 7) is 8.39. The summed E-state index contributed by atoms with van der Waals surface area (Å²) in [6.07, 6.45) is 10.4. The fourth-order valence-corrected chi connectivity index (χ4v) is 4.28. The number of aryl methyl sites for hydroxylation is 1. The number of piperidine rings is 1. The van der Waals surface area contributed by atoms with Crippen molar-refractivity contribution in [1.29, 1.82) is 0 Å². The molecular formula is C21H26N6. The van der Waals surface area contributed by atoms with Crippen LogP contribution in [0.1, 0.15) is 50.1 Å². The van der Waals surface area contributed by atoms with Gasteiger partial charge in [-0.3, -0.25) is 9.98 Å². The maximum Gasteiger partial charge on any atom is 0.156 e. The van der Waals surface area contributed by atoms with E-state index < -0.39 is 0 Å². The predicted octanol–water partition coefficient (Wildman–Crippen LogP) is 3.21. The van der Waals surface area contributed by atoms with E-state index in [2.05, 4.69) is 34.7 Å². The molecule has 1 saturated heterocycles. The smallest absolute Gasteiger partial charge is 0.156 e. The van der Waals surface area contributed by atoms with Gasteiger partial charge >= 0.3 is 0 Å². The molecule has 0 unspecified atom stereocenters. The highest BCUT2D eigenvalue weighted by Gasteiger charge is 2.30. The van der Waals surface area contributed by atoms with E-state index in [1.54, 1.807) is 0 Å². The molecule has 3 aliphatic rings. The highest BCUT2D eigenvalue weighted by Crippen LogP contribution is 2.33. The number of fused-ring (bicyclic) bond motifs is 2. The number of hydrogen-bond donors (Lipinski definition) is 0. The summed E-state index contributed by atoms with van der Waals surface area (Å²) in [5, 5.41) is 0. The molecule has 0 amide bonds. The molecule has 2 aromatic rings. The number of amidine groups is 1. The van der Waals surface area contributed by atoms with E-state index in [0.29, 0.717) is 12.0 Å². The number of hydrogen-bond acceptors (Lipinski definition) is 6. The summed E-state index contributed by atoms with van der Waals surface area (Å²) in [5.41, 5.74) is 4.88. The van der Waals surface area contributed by atoms with Crippen molar-refractivity contribution >= 4 is 17.3 Å². The molecule has 0 saturated carbocycles. The van der Waals surface area contributed by atoms with Gasteiger partial charge in [0.25, 0.3) is 0 Å². The molecular weight excluding hydrogens is 336 g/mol. The lowest BCUT2D eigenvalue weighted by Crippen LogP contribution is -2.38. The van der Waals surface area contributed by atoms with E-state index in [1.165, 1.54) is 24.1 Å². The maximum atomic E-state index is 4.93. The Kier molecular flexibility index (Phi) is 3.88. The Labute approximate surface area is 160 Å². The maximum absolute atomic E-state index is 4.93. The molecule has 0 radical (unpaired) electrons.